The van der Waals surface area contributed by atoms with E-state index in [4.69, 9.17) is 0 Å². The molecular weight excluding hydrogens is 416 g/mol. The summed E-state index contributed by atoms with van der Waals surface area (Å²) < 4.78 is 1.47. The van der Waals surface area contributed by atoms with Crippen molar-refractivity contribution in [3.63, 3.8) is 0 Å². The Morgan fingerprint density at radius 1 is 1.21 bits per heavy atom. The molecule has 0 aliphatic rings. The molecule has 0 aliphatic carbocycles. The molecule has 9 nitrogen and oxygen atoms in total. The van der Waals surface area contributed by atoms with Gasteiger partial charge in [0.1, 0.15) is 17.8 Å². The monoisotopic (exact) mass is 446 g/mol. The SMILES string of the molecule is C=CCn1c(N=Nc2ccc(N(CCCC)CCCC)cc2NC(C)=O)nc(C#N)c1C#N. The fourth-order valence-corrected chi connectivity index (χ4v) is 3.28. The van der Waals surface area contributed by atoms with Gasteiger partial charge in [0.15, 0.2) is 11.4 Å². The summed E-state index contributed by atoms with van der Waals surface area (Å²) in [5.41, 5.74) is 2.07. The van der Waals surface area contributed by atoms with Crippen LogP contribution in [-0.4, -0.2) is 28.5 Å². The summed E-state index contributed by atoms with van der Waals surface area (Å²) in [7, 11) is 0. The van der Waals surface area contributed by atoms with Gasteiger partial charge in [0, 0.05) is 32.2 Å². The van der Waals surface area contributed by atoms with Gasteiger partial charge in [0.05, 0.1) is 5.69 Å². The lowest BCUT2D eigenvalue weighted by Crippen LogP contribution is -2.25. The summed E-state index contributed by atoms with van der Waals surface area (Å²) >= 11 is 0. The van der Waals surface area contributed by atoms with Crippen molar-refractivity contribution in [2.75, 3.05) is 23.3 Å². The van der Waals surface area contributed by atoms with Crippen LogP contribution in [0, 0.1) is 22.7 Å². The zero-order chi connectivity index (χ0) is 24.2. The first-order valence-corrected chi connectivity index (χ1v) is 11.1. The van der Waals surface area contributed by atoms with Crippen molar-refractivity contribution in [2.45, 2.75) is 53.0 Å². The summed E-state index contributed by atoms with van der Waals surface area (Å²) in [6.45, 7) is 11.6. The number of allylic oxidation sites excluding steroid dienone is 1. The van der Waals surface area contributed by atoms with Gasteiger partial charge >= 0.3 is 0 Å². The van der Waals surface area contributed by atoms with Gasteiger partial charge in [-0.2, -0.15) is 15.5 Å². The quantitative estimate of drug-likeness (QED) is 0.336. The third kappa shape index (κ3) is 6.75. The number of nitrogens with one attached hydrogen (secondary N) is 1. The molecule has 1 aromatic heterocycles. The van der Waals surface area contributed by atoms with Crippen LogP contribution in [0.15, 0.2) is 41.1 Å². The lowest BCUT2D eigenvalue weighted by molar-refractivity contribution is -0.114. The predicted octanol–water partition coefficient (Wildman–Crippen LogP) is 5.59. The third-order valence-electron chi connectivity index (χ3n) is 4.94. The molecular formula is C24H30N8O. The smallest absolute Gasteiger partial charge is 0.252 e. The molecule has 1 aromatic carbocycles. The highest BCUT2D eigenvalue weighted by molar-refractivity contribution is 5.93. The molecule has 0 radical (unpaired) electrons. The number of nitrogens with zero attached hydrogens (tertiary/aromatic N) is 7. The van der Waals surface area contributed by atoms with E-state index in [1.165, 1.54) is 11.5 Å². The number of carbonyl (C=O) groups excluding carboxylic acids is 1. The molecule has 0 bridgehead atoms. The van der Waals surface area contributed by atoms with Crippen molar-refractivity contribution in [3.8, 4) is 12.1 Å². The molecule has 1 heterocycles. The van der Waals surface area contributed by atoms with E-state index in [9.17, 15) is 15.3 Å². The molecule has 1 amide bonds. The van der Waals surface area contributed by atoms with Gasteiger partial charge in [-0.1, -0.05) is 32.8 Å². The fourth-order valence-electron chi connectivity index (χ4n) is 3.28. The van der Waals surface area contributed by atoms with Crippen LogP contribution in [0.4, 0.5) is 23.0 Å². The van der Waals surface area contributed by atoms with Crippen molar-refractivity contribution in [1.29, 1.82) is 10.5 Å². The summed E-state index contributed by atoms with van der Waals surface area (Å²) in [6.07, 6.45) is 5.94. The normalized spacial score (nSPS) is 10.6. The molecule has 0 saturated heterocycles. The number of rotatable bonds is 12. The predicted molar refractivity (Wildman–Crippen MR) is 129 cm³/mol. The number of aromatic nitrogens is 2. The summed E-state index contributed by atoms with van der Waals surface area (Å²) in [6, 6.07) is 9.54. The van der Waals surface area contributed by atoms with Gasteiger partial charge in [-0.3, -0.25) is 9.36 Å². The number of azo groups is 1. The highest BCUT2D eigenvalue weighted by Crippen LogP contribution is 2.32. The lowest BCUT2D eigenvalue weighted by atomic mass is 10.2. The minimum atomic E-state index is -0.219. The first kappa shape index (κ1) is 25.3. The number of hydrogen-bond donors (Lipinski definition) is 1. The number of anilines is 2. The molecule has 0 atom stereocenters. The number of benzene rings is 1. The maximum atomic E-state index is 11.8. The van der Waals surface area contributed by atoms with Crippen LogP contribution < -0.4 is 10.2 Å². The molecule has 2 aromatic rings. The minimum Gasteiger partial charge on any atom is -0.371 e. The van der Waals surface area contributed by atoms with Crippen LogP contribution in [0.3, 0.4) is 0 Å². The molecule has 0 unspecified atom stereocenters. The molecule has 2 rings (SSSR count). The van der Waals surface area contributed by atoms with E-state index < -0.39 is 0 Å². The van der Waals surface area contributed by atoms with E-state index >= 15 is 0 Å². The number of unbranched alkanes of at least 4 members (excludes halogenated alkanes) is 2. The molecule has 0 spiro atoms. The molecule has 9 heteroatoms. The van der Waals surface area contributed by atoms with Gasteiger partial charge in [0.25, 0.3) is 5.95 Å². The van der Waals surface area contributed by atoms with E-state index in [-0.39, 0.29) is 29.8 Å². The second-order valence-corrected chi connectivity index (χ2v) is 7.51. The van der Waals surface area contributed by atoms with Crippen molar-refractivity contribution in [2.24, 2.45) is 10.2 Å². The van der Waals surface area contributed by atoms with Crippen LogP contribution in [0.1, 0.15) is 57.8 Å². The van der Waals surface area contributed by atoms with Crippen LogP contribution in [0.2, 0.25) is 0 Å². The first-order valence-electron chi connectivity index (χ1n) is 11.1. The number of imidazole rings is 1. The Morgan fingerprint density at radius 2 is 1.91 bits per heavy atom. The Hall–Kier alpha value is -3.98. The second-order valence-electron chi connectivity index (χ2n) is 7.51. The Balaban J connectivity index is 2.46. The molecule has 0 fully saturated rings. The molecule has 0 saturated carbocycles. The molecule has 33 heavy (non-hydrogen) atoms. The first-order chi connectivity index (χ1) is 16.0. The Morgan fingerprint density at radius 3 is 2.45 bits per heavy atom. The minimum absolute atomic E-state index is 0.0202. The van der Waals surface area contributed by atoms with E-state index in [1.807, 2.05) is 24.3 Å². The number of carbonyl (C=O) groups is 1. The van der Waals surface area contributed by atoms with Crippen molar-refractivity contribution < 1.29 is 4.79 Å². The maximum absolute atomic E-state index is 11.8. The van der Waals surface area contributed by atoms with E-state index in [0.717, 1.165) is 44.5 Å². The van der Waals surface area contributed by atoms with Gasteiger partial charge < -0.3 is 10.2 Å². The number of amides is 1. The van der Waals surface area contributed by atoms with Crippen LogP contribution in [-0.2, 0) is 11.3 Å². The van der Waals surface area contributed by atoms with E-state index in [2.05, 4.69) is 45.9 Å². The largest absolute Gasteiger partial charge is 0.371 e. The van der Waals surface area contributed by atoms with Crippen LogP contribution >= 0.6 is 0 Å². The van der Waals surface area contributed by atoms with Crippen LogP contribution in [0.25, 0.3) is 0 Å². The summed E-state index contributed by atoms with van der Waals surface area (Å²) in [5.74, 6) is -0.0997. The van der Waals surface area contributed by atoms with E-state index in [1.54, 1.807) is 12.1 Å². The highest BCUT2D eigenvalue weighted by Gasteiger charge is 2.16. The molecule has 172 valence electrons. The van der Waals surface area contributed by atoms with Gasteiger partial charge in [0.2, 0.25) is 5.91 Å². The maximum Gasteiger partial charge on any atom is 0.252 e. The Kier molecular flexibility index (Phi) is 9.79. The van der Waals surface area contributed by atoms with E-state index in [0.29, 0.717) is 11.4 Å². The fraction of sp³-hybridized carbons (Fsp3) is 0.417. The number of hydrogen-bond acceptors (Lipinski definition) is 7. The summed E-state index contributed by atoms with van der Waals surface area (Å²) in [5, 5.41) is 29.9. The third-order valence-corrected chi connectivity index (χ3v) is 4.94. The lowest BCUT2D eigenvalue weighted by Gasteiger charge is -2.25. The highest BCUT2D eigenvalue weighted by atomic mass is 16.1. The van der Waals surface area contributed by atoms with Crippen LogP contribution in [0.5, 0.6) is 0 Å². The average molecular weight is 447 g/mol. The van der Waals surface area contributed by atoms with Crippen molar-refractivity contribution >= 4 is 28.9 Å². The zero-order valence-corrected chi connectivity index (χ0v) is 19.5. The van der Waals surface area contributed by atoms with Gasteiger partial charge in [-0.05, 0) is 31.0 Å². The summed E-state index contributed by atoms with van der Waals surface area (Å²) in [4.78, 5) is 18.3. The van der Waals surface area contributed by atoms with Crippen molar-refractivity contribution in [1.82, 2.24) is 9.55 Å². The Bertz CT molecular complexity index is 1080. The topological polar surface area (TPSA) is 122 Å². The standard InChI is InChI=1S/C24H30N8O/c1-5-8-13-31(14-9-6-2)19-10-11-20(21(15-19)27-18(4)33)29-30-24-28-22(16-25)23(17-26)32(24)12-7-3/h7,10-11,15H,3,5-6,8-9,12-14H2,1-2,4H3,(H,27,33). The second kappa shape index (κ2) is 12.8. The average Bonchev–Trinajstić information content (AvgIpc) is 3.14. The molecule has 0 aliphatic heterocycles. The van der Waals surface area contributed by atoms with Gasteiger partial charge in [-0.15, -0.1) is 16.8 Å². The number of nitriles is 2. The Labute approximate surface area is 195 Å². The molecule has 1 N–H and O–H groups in total. The van der Waals surface area contributed by atoms with Crippen molar-refractivity contribution in [3.05, 3.63) is 42.2 Å². The zero-order valence-electron chi connectivity index (χ0n) is 19.5. The van der Waals surface area contributed by atoms with Gasteiger partial charge in [-0.25, -0.2) is 0 Å².